The summed E-state index contributed by atoms with van der Waals surface area (Å²) in [6.45, 7) is 1.65. The number of nitrogens with zero attached hydrogens (tertiary/aromatic N) is 2. The number of hydrogen-bond donors (Lipinski definition) is 2. The highest BCUT2D eigenvalue weighted by Crippen LogP contribution is 2.25. The zero-order chi connectivity index (χ0) is 18.7. The third-order valence-corrected chi connectivity index (χ3v) is 4.60. The van der Waals surface area contributed by atoms with Crippen LogP contribution in [0.4, 0.5) is 4.39 Å². The van der Waals surface area contributed by atoms with E-state index in [1.165, 1.54) is 6.07 Å². The van der Waals surface area contributed by atoms with E-state index in [0.29, 0.717) is 42.1 Å². The van der Waals surface area contributed by atoms with Crippen LogP contribution in [0.2, 0.25) is 0 Å². The average Bonchev–Trinajstić information content (AvgIpc) is 3.25. The van der Waals surface area contributed by atoms with Crippen molar-refractivity contribution >= 4 is 11.9 Å². The second-order valence-corrected chi connectivity index (χ2v) is 6.59. The summed E-state index contributed by atoms with van der Waals surface area (Å²) in [6, 6.07) is 4.46. The molecule has 1 aliphatic rings. The number of hydrogen-bond acceptors (Lipinski definition) is 5. The Labute approximate surface area is 149 Å². The molecule has 0 unspecified atom stereocenters. The van der Waals surface area contributed by atoms with E-state index in [0.717, 1.165) is 0 Å². The lowest BCUT2D eigenvalue weighted by Gasteiger charge is -2.11. The molecule has 1 aliphatic carbocycles. The minimum Gasteiger partial charge on any atom is -0.481 e. The molecular formula is C18H20FN3O4. The first-order chi connectivity index (χ1) is 12.4. The Morgan fingerprint density at radius 1 is 1.38 bits per heavy atom. The fourth-order valence-corrected chi connectivity index (χ4v) is 3.11. The van der Waals surface area contributed by atoms with Crippen molar-refractivity contribution in [1.82, 2.24) is 15.5 Å². The van der Waals surface area contributed by atoms with E-state index >= 15 is 0 Å². The van der Waals surface area contributed by atoms with Crippen LogP contribution in [0.3, 0.4) is 0 Å². The number of carboxylic acids is 1. The van der Waals surface area contributed by atoms with E-state index in [1.54, 1.807) is 19.1 Å². The van der Waals surface area contributed by atoms with Gasteiger partial charge in [-0.05, 0) is 49.9 Å². The van der Waals surface area contributed by atoms with Crippen LogP contribution in [0.25, 0.3) is 11.4 Å². The van der Waals surface area contributed by atoms with Crippen LogP contribution in [0, 0.1) is 18.7 Å². The molecule has 0 bridgehead atoms. The van der Waals surface area contributed by atoms with Crippen molar-refractivity contribution in [3.63, 3.8) is 0 Å². The van der Waals surface area contributed by atoms with Crippen molar-refractivity contribution in [2.45, 2.75) is 45.1 Å². The highest BCUT2D eigenvalue weighted by atomic mass is 19.1. The number of rotatable bonds is 6. The molecule has 0 radical (unpaired) electrons. The van der Waals surface area contributed by atoms with Gasteiger partial charge in [0, 0.05) is 24.4 Å². The third-order valence-electron chi connectivity index (χ3n) is 4.60. The number of amides is 1. The summed E-state index contributed by atoms with van der Waals surface area (Å²) in [5.74, 6) is -0.977. The van der Waals surface area contributed by atoms with Crippen LogP contribution in [-0.4, -0.2) is 33.2 Å². The molecule has 8 heteroatoms. The Morgan fingerprint density at radius 3 is 2.88 bits per heavy atom. The summed E-state index contributed by atoms with van der Waals surface area (Å²) in [5, 5.41) is 15.7. The van der Waals surface area contributed by atoms with Crippen molar-refractivity contribution in [3.8, 4) is 11.4 Å². The summed E-state index contributed by atoms with van der Waals surface area (Å²) < 4.78 is 18.5. The Hall–Kier alpha value is -2.77. The molecular weight excluding hydrogens is 341 g/mol. The molecule has 1 aromatic carbocycles. The van der Waals surface area contributed by atoms with Gasteiger partial charge in [-0.3, -0.25) is 9.59 Å². The van der Waals surface area contributed by atoms with Crippen LogP contribution >= 0.6 is 0 Å². The lowest BCUT2D eigenvalue weighted by atomic mass is 10.1. The van der Waals surface area contributed by atoms with Gasteiger partial charge in [-0.1, -0.05) is 5.16 Å². The summed E-state index contributed by atoms with van der Waals surface area (Å²) in [5.41, 5.74) is 1.14. The number of aliphatic carboxylic acids is 1. The molecule has 0 spiro atoms. The maximum atomic E-state index is 13.3. The van der Waals surface area contributed by atoms with Gasteiger partial charge in [-0.25, -0.2) is 4.39 Å². The molecule has 1 fully saturated rings. The largest absolute Gasteiger partial charge is 0.481 e. The summed E-state index contributed by atoms with van der Waals surface area (Å²) in [7, 11) is 0. The molecule has 138 valence electrons. The first-order valence-corrected chi connectivity index (χ1v) is 8.53. The molecule has 3 rings (SSSR count). The number of carboxylic acid groups (broad SMARTS) is 1. The Kier molecular flexibility index (Phi) is 5.29. The Morgan fingerprint density at radius 2 is 2.19 bits per heavy atom. The van der Waals surface area contributed by atoms with Crippen molar-refractivity contribution in [2.75, 3.05) is 0 Å². The van der Waals surface area contributed by atoms with Gasteiger partial charge in [-0.15, -0.1) is 0 Å². The van der Waals surface area contributed by atoms with Crippen LogP contribution < -0.4 is 5.32 Å². The number of halogens is 1. The van der Waals surface area contributed by atoms with Crippen LogP contribution in [0.5, 0.6) is 0 Å². The topological polar surface area (TPSA) is 105 Å². The van der Waals surface area contributed by atoms with E-state index in [1.807, 2.05) is 0 Å². The number of nitrogens with one attached hydrogen (secondary N) is 1. The van der Waals surface area contributed by atoms with Gasteiger partial charge in [0.1, 0.15) is 5.82 Å². The van der Waals surface area contributed by atoms with Gasteiger partial charge in [0.25, 0.3) is 0 Å². The van der Waals surface area contributed by atoms with Gasteiger partial charge < -0.3 is 14.9 Å². The number of aryl methyl sites for hydroxylation is 2. The maximum Gasteiger partial charge on any atom is 0.306 e. The molecule has 26 heavy (non-hydrogen) atoms. The van der Waals surface area contributed by atoms with Gasteiger partial charge in [0.15, 0.2) is 0 Å². The van der Waals surface area contributed by atoms with Crippen molar-refractivity contribution in [1.29, 1.82) is 0 Å². The van der Waals surface area contributed by atoms with Gasteiger partial charge >= 0.3 is 5.97 Å². The van der Waals surface area contributed by atoms with E-state index in [-0.39, 0.29) is 36.5 Å². The second-order valence-electron chi connectivity index (χ2n) is 6.59. The lowest BCUT2D eigenvalue weighted by molar-refractivity contribution is -0.141. The average molecular weight is 361 g/mol. The molecule has 0 aliphatic heterocycles. The fourth-order valence-electron chi connectivity index (χ4n) is 3.11. The zero-order valence-corrected chi connectivity index (χ0v) is 14.4. The second kappa shape index (κ2) is 7.63. The molecule has 7 nitrogen and oxygen atoms in total. The maximum absolute atomic E-state index is 13.3. The molecule has 1 aromatic heterocycles. The standard InChI is InChI=1S/C18H20FN3O4/c1-10-8-11(3-5-14(10)19)17-21-16(26-22-17)7-6-15(23)20-13-4-2-12(9-13)18(24)25/h3,5,8,12-13H,2,4,6-7,9H2,1H3,(H,20,23)(H,24,25)/t12-,13+/m1/s1. The van der Waals surface area contributed by atoms with E-state index in [4.69, 9.17) is 9.63 Å². The molecule has 1 saturated carbocycles. The van der Waals surface area contributed by atoms with E-state index < -0.39 is 5.97 Å². The molecule has 2 atom stereocenters. The number of aromatic nitrogens is 2. The first-order valence-electron chi connectivity index (χ1n) is 8.53. The summed E-state index contributed by atoms with van der Waals surface area (Å²) in [4.78, 5) is 27.2. The minimum absolute atomic E-state index is 0.0935. The van der Waals surface area contributed by atoms with Crippen molar-refractivity contribution < 1.29 is 23.6 Å². The smallest absolute Gasteiger partial charge is 0.306 e. The molecule has 0 saturated heterocycles. The van der Waals surface area contributed by atoms with E-state index in [9.17, 15) is 14.0 Å². The van der Waals surface area contributed by atoms with Crippen LogP contribution in [0.15, 0.2) is 22.7 Å². The van der Waals surface area contributed by atoms with E-state index in [2.05, 4.69) is 15.5 Å². The normalized spacial score (nSPS) is 19.5. The minimum atomic E-state index is -0.809. The highest BCUT2D eigenvalue weighted by molar-refractivity contribution is 5.77. The van der Waals surface area contributed by atoms with Crippen molar-refractivity contribution in [3.05, 3.63) is 35.5 Å². The predicted octanol–water partition coefficient (Wildman–Crippen LogP) is 2.49. The number of benzene rings is 1. The summed E-state index contributed by atoms with van der Waals surface area (Å²) >= 11 is 0. The quantitative estimate of drug-likeness (QED) is 0.819. The van der Waals surface area contributed by atoms with Gasteiger partial charge in [-0.2, -0.15) is 4.98 Å². The lowest BCUT2D eigenvalue weighted by Crippen LogP contribution is -2.33. The highest BCUT2D eigenvalue weighted by Gasteiger charge is 2.30. The molecule has 2 N–H and O–H groups in total. The fraction of sp³-hybridized carbons (Fsp3) is 0.444. The summed E-state index contributed by atoms with van der Waals surface area (Å²) in [6.07, 6.45) is 2.20. The Bertz CT molecular complexity index is 821. The Balaban J connectivity index is 1.51. The zero-order valence-electron chi connectivity index (χ0n) is 14.4. The van der Waals surface area contributed by atoms with Crippen molar-refractivity contribution in [2.24, 2.45) is 5.92 Å². The van der Waals surface area contributed by atoms with Gasteiger partial charge in [0.2, 0.25) is 17.6 Å². The molecule has 1 heterocycles. The molecule has 1 amide bonds. The van der Waals surface area contributed by atoms with Crippen LogP contribution in [0.1, 0.15) is 37.1 Å². The third kappa shape index (κ3) is 4.25. The number of carbonyl (C=O) groups excluding carboxylic acids is 1. The number of carbonyl (C=O) groups is 2. The predicted molar refractivity (Wildman–Crippen MR) is 89.7 cm³/mol. The van der Waals surface area contributed by atoms with Gasteiger partial charge in [0.05, 0.1) is 5.92 Å². The monoisotopic (exact) mass is 361 g/mol. The SMILES string of the molecule is Cc1cc(-c2noc(CCC(=O)N[C@H]3CC[C@@H](C(=O)O)C3)n2)ccc1F. The first kappa shape index (κ1) is 18.0. The van der Waals surface area contributed by atoms with Crippen LogP contribution in [-0.2, 0) is 16.0 Å². The molecule has 2 aromatic rings.